The normalized spacial score (nSPS) is 18.6. The highest BCUT2D eigenvalue weighted by Crippen LogP contribution is 2.36. The predicted molar refractivity (Wildman–Crippen MR) is 84.9 cm³/mol. The topological polar surface area (TPSA) is 21.3 Å². The number of hydrogen-bond acceptors (Lipinski definition) is 3. The van der Waals surface area contributed by atoms with Crippen molar-refractivity contribution in [3.05, 3.63) is 51.7 Å². The minimum Gasteiger partial charge on any atom is -0.493 e. The van der Waals surface area contributed by atoms with Crippen molar-refractivity contribution in [3.63, 3.8) is 0 Å². The Balaban J connectivity index is 1.77. The van der Waals surface area contributed by atoms with Gasteiger partial charge in [-0.05, 0) is 38.1 Å². The molecule has 2 aromatic rings. The lowest BCUT2D eigenvalue weighted by Crippen LogP contribution is -2.34. The second-order valence-electron chi connectivity index (χ2n) is 5.28. The fourth-order valence-corrected chi connectivity index (χ4v) is 3.92. The Morgan fingerprint density at radius 1 is 1.25 bits per heavy atom. The van der Waals surface area contributed by atoms with Crippen LogP contribution in [0.2, 0.25) is 0 Å². The van der Waals surface area contributed by atoms with E-state index in [4.69, 9.17) is 4.74 Å². The molecule has 0 saturated heterocycles. The number of hydrogen-bond donors (Lipinski definition) is 1. The first-order chi connectivity index (χ1) is 9.81. The summed E-state index contributed by atoms with van der Waals surface area (Å²) >= 11 is 1.94. The summed E-state index contributed by atoms with van der Waals surface area (Å²) < 4.78 is 5.82. The van der Waals surface area contributed by atoms with Crippen LogP contribution in [0.15, 0.2) is 36.4 Å². The van der Waals surface area contributed by atoms with Crippen molar-refractivity contribution in [2.75, 3.05) is 13.7 Å². The summed E-state index contributed by atoms with van der Waals surface area (Å²) in [6, 6.07) is 13.4. The number of fused-ring (bicyclic) bond motifs is 1. The maximum absolute atomic E-state index is 5.82. The van der Waals surface area contributed by atoms with Gasteiger partial charge in [-0.3, -0.25) is 0 Å². The molecule has 0 fully saturated rings. The Morgan fingerprint density at radius 2 is 2.05 bits per heavy atom. The van der Waals surface area contributed by atoms with Crippen molar-refractivity contribution in [1.29, 1.82) is 0 Å². The van der Waals surface area contributed by atoms with Crippen LogP contribution in [0.4, 0.5) is 0 Å². The first kappa shape index (κ1) is 13.7. The molecular weight excluding hydrogens is 266 g/mol. The van der Waals surface area contributed by atoms with E-state index in [1.165, 1.54) is 15.3 Å². The fraction of sp³-hybridized carbons (Fsp3) is 0.412. The third-order valence-electron chi connectivity index (χ3n) is 4.08. The summed E-state index contributed by atoms with van der Waals surface area (Å²) in [5.41, 5.74) is 1.35. The maximum Gasteiger partial charge on any atom is 0.122 e. The molecule has 2 atom stereocenters. The van der Waals surface area contributed by atoms with Crippen LogP contribution in [-0.2, 0) is 12.8 Å². The van der Waals surface area contributed by atoms with E-state index in [0.29, 0.717) is 12.0 Å². The first-order valence-corrected chi connectivity index (χ1v) is 8.10. The number of nitrogens with one attached hydrogen (secondary N) is 1. The molecule has 2 heterocycles. The number of benzene rings is 1. The molecule has 1 aromatic carbocycles. The highest BCUT2D eigenvalue weighted by Gasteiger charge is 2.30. The molecule has 2 unspecified atom stereocenters. The van der Waals surface area contributed by atoms with E-state index in [9.17, 15) is 0 Å². The minimum absolute atomic E-state index is 0.432. The molecule has 0 spiro atoms. The summed E-state index contributed by atoms with van der Waals surface area (Å²) in [6.45, 7) is 3.00. The number of para-hydroxylation sites is 1. The monoisotopic (exact) mass is 287 g/mol. The molecule has 2 nitrogen and oxygen atoms in total. The van der Waals surface area contributed by atoms with Crippen molar-refractivity contribution in [2.24, 2.45) is 0 Å². The van der Waals surface area contributed by atoms with Crippen LogP contribution in [0.3, 0.4) is 0 Å². The standard InChI is InChI=1S/C17H21NOS/c1-3-12-8-9-13(20-12)10-16(18-2)15-11-19-17-7-5-4-6-14(15)17/h4-9,15-16,18H,3,10-11H2,1-2H3. The number of ether oxygens (including phenoxy) is 1. The van der Waals surface area contributed by atoms with Crippen LogP contribution in [0.25, 0.3) is 0 Å². The Kier molecular flexibility index (Phi) is 4.08. The Labute approximate surface area is 124 Å². The molecule has 0 radical (unpaired) electrons. The van der Waals surface area contributed by atoms with Gasteiger partial charge >= 0.3 is 0 Å². The quantitative estimate of drug-likeness (QED) is 0.907. The van der Waals surface area contributed by atoms with Crippen LogP contribution in [0.1, 0.15) is 28.2 Å². The summed E-state index contributed by atoms with van der Waals surface area (Å²) in [7, 11) is 2.06. The molecule has 1 N–H and O–H groups in total. The molecule has 106 valence electrons. The van der Waals surface area contributed by atoms with Crippen molar-refractivity contribution in [2.45, 2.75) is 31.7 Å². The molecule has 0 bridgehead atoms. The van der Waals surface area contributed by atoms with E-state index in [1.807, 2.05) is 17.4 Å². The third kappa shape index (κ3) is 2.60. The number of rotatable bonds is 5. The van der Waals surface area contributed by atoms with Crippen LogP contribution >= 0.6 is 11.3 Å². The van der Waals surface area contributed by atoms with Crippen LogP contribution in [0, 0.1) is 0 Å². The zero-order valence-electron chi connectivity index (χ0n) is 12.1. The third-order valence-corrected chi connectivity index (χ3v) is 5.33. The molecule has 0 aliphatic carbocycles. The highest BCUT2D eigenvalue weighted by molar-refractivity contribution is 7.11. The predicted octanol–water partition coefficient (Wildman–Crippen LogP) is 3.62. The van der Waals surface area contributed by atoms with E-state index < -0.39 is 0 Å². The second-order valence-corrected chi connectivity index (χ2v) is 6.53. The molecule has 1 aliphatic rings. The number of likely N-dealkylation sites (N-methyl/N-ethyl adjacent to an activating group) is 1. The summed E-state index contributed by atoms with van der Waals surface area (Å²) in [6.07, 6.45) is 2.20. The van der Waals surface area contributed by atoms with Gasteiger partial charge in [0.15, 0.2) is 0 Å². The van der Waals surface area contributed by atoms with Gasteiger partial charge < -0.3 is 10.1 Å². The average molecular weight is 287 g/mol. The van der Waals surface area contributed by atoms with Gasteiger partial charge in [-0.1, -0.05) is 25.1 Å². The summed E-state index contributed by atoms with van der Waals surface area (Å²) in [5.74, 6) is 1.50. The maximum atomic E-state index is 5.82. The first-order valence-electron chi connectivity index (χ1n) is 7.28. The van der Waals surface area contributed by atoms with E-state index >= 15 is 0 Å². The van der Waals surface area contributed by atoms with Crippen molar-refractivity contribution >= 4 is 11.3 Å². The molecule has 3 rings (SSSR count). The molecule has 0 amide bonds. The summed E-state index contributed by atoms with van der Waals surface area (Å²) in [5, 5.41) is 3.49. The van der Waals surface area contributed by atoms with Gasteiger partial charge in [0.05, 0.1) is 6.61 Å². The smallest absolute Gasteiger partial charge is 0.122 e. The van der Waals surface area contributed by atoms with Gasteiger partial charge in [-0.25, -0.2) is 0 Å². The lowest BCUT2D eigenvalue weighted by molar-refractivity contribution is 0.302. The Bertz CT molecular complexity index is 578. The van der Waals surface area contributed by atoms with E-state index in [0.717, 1.165) is 25.2 Å². The second kappa shape index (κ2) is 5.98. The molecule has 1 aromatic heterocycles. The highest BCUT2D eigenvalue weighted by atomic mass is 32.1. The van der Waals surface area contributed by atoms with Gasteiger partial charge in [0.2, 0.25) is 0 Å². The zero-order valence-corrected chi connectivity index (χ0v) is 12.9. The van der Waals surface area contributed by atoms with Gasteiger partial charge in [0, 0.05) is 27.3 Å². The Morgan fingerprint density at radius 3 is 2.80 bits per heavy atom. The Hall–Kier alpha value is -1.32. The zero-order chi connectivity index (χ0) is 13.9. The molecule has 0 saturated carbocycles. The number of aryl methyl sites for hydroxylation is 1. The van der Waals surface area contributed by atoms with Crippen LogP contribution < -0.4 is 10.1 Å². The fourth-order valence-electron chi connectivity index (χ4n) is 2.90. The van der Waals surface area contributed by atoms with Gasteiger partial charge in [0.25, 0.3) is 0 Å². The van der Waals surface area contributed by atoms with Crippen LogP contribution in [-0.4, -0.2) is 19.7 Å². The lowest BCUT2D eigenvalue weighted by Gasteiger charge is -2.21. The summed E-state index contributed by atoms with van der Waals surface area (Å²) in [4.78, 5) is 2.93. The molecular formula is C17H21NOS. The van der Waals surface area contributed by atoms with Gasteiger partial charge in [0.1, 0.15) is 5.75 Å². The number of thiophene rings is 1. The van der Waals surface area contributed by atoms with Gasteiger partial charge in [-0.15, -0.1) is 11.3 Å². The largest absolute Gasteiger partial charge is 0.493 e. The lowest BCUT2D eigenvalue weighted by atomic mass is 9.91. The van der Waals surface area contributed by atoms with E-state index in [-0.39, 0.29) is 0 Å². The molecule has 20 heavy (non-hydrogen) atoms. The van der Waals surface area contributed by atoms with E-state index in [1.54, 1.807) is 0 Å². The molecule has 1 aliphatic heterocycles. The average Bonchev–Trinajstić information content (AvgIpc) is 3.11. The van der Waals surface area contributed by atoms with Crippen LogP contribution in [0.5, 0.6) is 5.75 Å². The minimum atomic E-state index is 0.432. The molecule has 3 heteroatoms. The van der Waals surface area contributed by atoms with Crippen molar-refractivity contribution < 1.29 is 4.74 Å². The van der Waals surface area contributed by atoms with E-state index in [2.05, 4.69) is 49.6 Å². The van der Waals surface area contributed by atoms with Crippen molar-refractivity contribution in [1.82, 2.24) is 5.32 Å². The van der Waals surface area contributed by atoms with Gasteiger partial charge in [-0.2, -0.15) is 0 Å². The SMILES string of the molecule is CCc1ccc(CC(NC)C2COc3ccccc32)s1. The van der Waals surface area contributed by atoms with Crippen molar-refractivity contribution in [3.8, 4) is 5.75 Å².